The van der Waals surface area contributed by atoms with E-state index in [0.29, 0.717) is 5.15 Å². The molecule has 18 heavy (non-hydrogen) atoms. The van der Waals surface area contributed by atoms with Gasteiger partial charge in [-0.1, -0.05) is 17.7 Å². The number of aliphatic hydroxyl groups excluding tert-OH is 1. The van der Waals surface area contributed by atoms with Crippen molar-refractivity contribution in [3.8, 4) is 0 Å². The zero-order valence-electron chi connectivity index (χ0n) is 10.6. The van der Waals surface area contributed by atoms with Gasteiger partial charge in [0.15, 0.2) is 0 Å². The van der Waals surface area contributed by atoms with Gasteiger partial charge in [0.25, 0.3) is 0 Å². The molecular weight excluding hydrogens is 250 g/mol. The number of hydrogen-bond donors (Lipinski definition) is 1. The normalized spacial score (nSPS) is 18.8. The number of aromatic nitrogens is 1. The topological polar surface area (TPSA) is 39.6 Å². The van der Waals surface area contributed by atoms with Crippen LogP contribution in [-0.4, -0.2) is 59.2 Å². The lowest BCUT2D eigenvalue weighted by Crippen LogP contribution is -2.32. The molecule has 0 spiro atoms. The Morgan fingerprint density at radius 1 is 1.22 bits per heavy atom. The van der Waals surface area contributed by atoms with Crippen LogP contribution in [-0.2, 0) is 6.54 Å². The van der Waals surface area contributed by atoms with Crippen molar-refractivity contribution in [2.75, 3.05) is 39.3 Å². The van der Waals surface area contributed by atoms with Gasteiger partial charge in [-0.15, -0.1) is 0 Å². The predicted molar refractivity (Wildman–Crippen MR) is 72.7 cm³/mol. The van der Waals surface area contributed by atoms with E-state index in [1.807, 2.05) is 12.1 Å². The molecular formula is C13H20ClN3O. The molecule has 1 aliphatic heterocycles. The Kier molecular flexibility index (Phi) is 5.38. The Morgan fingerprint density at radius 2 is 2.00 bits per heavy atom. The molecule has 1 aromatic rings. The molecule has 1 saturated heterocycles. The fourth-order valence-electron chi connectivity index (χ4n) is 2.33. The fraction of sp³-hybridized carbons (Fsp3) is 0.615. The van der Waals surface area contributed by atoms with Gasteiger partial charge in [-0.25, -0.2) is 4.98 Å². The molecule has 0 unspecified atom stereocenters. The first-order valence-electron chi connectivity index (χ1n) is 6.44. The molecule has 0 amide bonds. The second-order valence-electron chi connectivity index (χ2n) is 4.65. The van der Waals surface area contributed by atoms with E-state index >= 15 is 0 Å². The highest BCUT2D eigenvalue weighted by Crippen LogP contribution is 2.15. The van der Waals surface area contributed by atoms with Gasteiger partial charge in [0, 0.05) is 37.9 Å². The average molecular weight is 270 g/mol. The minimum atomic E-state index is 0.244. The predicted octanol–water partition coefficient (Wildman–Crippen LogP) is 1.23. The summed E-state index contributed by atoms with van der Waals surface area (Å²) in [5.74, 6) is 0. The van der Waals surface area contributed by atoms with Crippen LogP contribution in [0.1, 0.15) is 12.0 Å². The fourth-order valence-corrected chi connectivity index (χ4v) is 2.50. The Labute approximate surface area is 113 Å². The first kappa shape index (κ1) is 13.7. The molecule has 0 aliphatic carbocycles. The molecule has 5 heteroatoms. The Bertz CT molecular complexity index is 375. The van der Waals surface area contributed by atoms with Crippen LogP contribution >= 0.6 is 11.6 Å². The van der Waals surface area contributed by atoms with Crippen LogP contribution in [0.4, 0.5) is 0 Å². The Hall–Kier alpha value is -0.680. The van der Waals surface area contributed by atoms with Crippen LogP contribution in [0.3, 0.4) is 0 Å². The summed E-state index contributed by atoms with van der Waals surface area (Å²) in [4.78, 5) is 8.82. The lowest BCUT2D eigenvalue weighted by molar-refractivity contribution is 0.196. The first-order chi connectivity index (χ1) is 8.79. The number of hydrogen-bond acceptors (Lipinski definition) is 4. The van der Waals surface area contributed by atoms with Gasteiger partial charge in [0.2, 0.25) is 0 Å². The summed E-state index contributed by atoms with van der Waals surface area (Å²) >= 11 is 6.08. The second-order valence-corrected chi connectivity index (χ2v) is 5.01. The van der Waals surface area contributed by atoms with Gasteiger partial charge in [0.1, 0.15) is 5.15 Å². The van der Waals surface area contributed by atoms with Gasteiger partial charge in [-0.2, -0.15) is 0 Å². The van der Waals surface area contributed by atoms with Crippen LogP contribution < -0.4 is 0 Å². The average Bonchev–Trinajstić information content (AvgIpc) is 2.59. The highest BCUT2D eigenvalue weighted by Gasteiger charge is 2.15. The zero-order valence-corrected chi connectivity index (χ0v) is 11.3. The molecule has 1 N–H and O–H groups in total. The van der Waals surface area contributed by atoms with E-state index in [1.165, 1.54) is 0 Å². The van der Waals surface area contributed by atoms with Crippen LogP contribution in [0.5, 0.6) is 0 Å². The van der Waals surface area contributed by atoms with Crippen molar-refractivity contribution < 1.29 is 5.11 Å². The van der Waals surface area contributed by atoms with Crippen molar-refractivity contribution in [2.24, 2.45) is 0 Å². The lowest BCUT2D eigenvalue weighted by atomic mass is 10.2. The van der Waals surface area contributed by atoms with E-state index in [1.54, 1.807) is 6.20 Å². The minimum absolute atomic E-state index is 0.244. The van der Waals surface area contributed by atoms with Crippen molar-refractivity contribution in [3.05, 3.63) is 29.0 Å². The van der Waals surface area contributed by atoms with Gasteiger partial charge in [-0.3, -0.25) is 9.80 Å². The molecule has 0 bridgehead atoms. The van der Waals surface area contributed by atoms with Crippen molar-refractivity contribution in [2.45, 2.75) is 13.0 Å². The molecule has 1 aliphatic rings. The molecule has 0 aromatic carbocycles. The summed E-state index contributed by atoms with van der Waals surface area (Å²) < 4.78 is 0. The number of β-amino-alcohol motifs (C(OH)–C–C–N with tert-alkyl or cyclic N) is 1. The van der Waals surface area contributed by atoms with Gasteiger partial charge in [-0.05, 0) is 25.6 Å². The molecule has 1 fully saturated rings. The minimum Gasteiger partial charge on any atom is -0.395 e. The molecule has 0 radical (unpaired) electrons. The van der Waals surface area contributed by atoms with Crippen LogP contribution in [0.2, 0.25) is 5.15 Å². The van der Waals surface area contributed by atoms with Gasteiger partial charge >= 0.3 is 0 Å². The maximum Gasteiger partial charge on any atom is 0.133 e. The highest BCUT2D eigenvalue weighted by molar-refractivity contribution is 6.30. The van der Waals surface area contributed by atoms with Gasteiger partial charge in [0.05, 0.1) is 6.61 Å². The van der Waals surface area contributed by atoms with E-state index in [4.69, 9.17) is 16.7 Å². The maximum atomic E-state index is 8.97. The molecule has 2 rings (SSSR count). The number of nitrogens with zero attached hydrogens (tertiary/aromatic N) is 3. The number of pyridine rings is 1. The van der Waals surface area contributed by atoms with E-state index in [2.05, 4.69) is 14.8 Å². The maximum absolute atomic E-state index is 8.97. The van der Waals surface area contributed by atoms with Crippen molar-refractivity contribution >= 4 is 11.6 Å². The molecule has 4 nitrogen and oxygen atoms in total. The summed E-state index contributed by atoms with van der Waals surface area (Å²) in [6, 6.07) is 3.96. The van der Waals surface area contributed by atoms with Gasteiger partial charge < -0.3 is 5.11 Å². The standard InChI is InChI=1S/C13H20ClN3O/c14-13-12(3-1-4-15-13)11-17-6-2-5-16(7-8-17)9-10-18/h1,3-4,18H,2,5-11H2. The van der Waals surface area contributed by atoms with E-state index in [0.717, 1.165) is 51.3 Å². The summed E-state index contributed by atoms with van der Waals surface area (Å²) in [7, 11) is 0. The summed E-state index contributed by atoms with van der Waals surface area (Å²) in [5, 5.41) is 9.57. The van der Waals surface area contributed by atoms with Crippen molar-refractivity contribution in [1.29, 1.82) is 0 Å². The molecule has 100 valence electrons. The quantitative estimate of drug-likeness (QED) is 0.835. The third kappa shape index (κ3) is 3.92. The zero-order chi connectivity index (χ0) is 12.8. The largest absolute Gasteiger partial charge is 0.395 e. The molecule has 0 saturated carbocycles. The summed E-state index contributed by atoms with van der Waals surface area (Å²) in [6.07, 6.45) is 2.86. The molecule has 1 aromatic heterocycles. The smallest absolute Gasteiger partial charge is 0.133 e. The SMILES string of the molecule is OCCN1CCCN(Cc2cccnc2Cl)CC1. The van der Waals surface area contributed by atoms with Crippen LogP contribution in [0.15, 0.2) is 18.3 Å². The summed E-state index contributed by atoms with van der Waals surface area (Å²) in [6.45, 7) is 6.06. The number of rotatable bonds is 4. The number of aliphatic hydroxyl groups is 1. The third-order valence-corrected chi connectivity index (χ3v) is 3.67. The number of halogens is 1. The second kappa shape index (κ2) is 7.04. The first-order valence-corrected chi connectivity index (χ1v) is 6.82. The van der Waals surface area contributed by atoms with Crippen LogP contribution in [0.25, 0.3) is 0 Å². The van der Waals surface area contributed by atoms with Crippen molar-refractivity contribution in [1.82, 2.24) is 14.8 Å². The van der Waals surface area contributed by atoms with Crippen LogP contribution in [0, 0.1) is 0 Å². The summed E-state index contributed by atoms with van der Waals surface area (Å²) in [5.41, 5.74) is 1.09. The molecule has 2 heterocycles. The lowest BCUT2D eigenvalue weighted by Gasteiger charge is -2.21. The molecule has 0 atom stereocenters. The third-order valence-electron chi connectivity index (χ3n) is 3.33. The monoisotopic (exact) mass is 269 g/mol. The van der Waals surface area contributed by atoms with E-state index in [-0.39, 0.29) is 6.61 Å². The van der Waals surface area contributed by atoms with E-state index in [9.17, 15) is 0 Å². The Balaban J connectivity index is 1.89. The highest BCUT2D eigenvalue weighted by atomic mass is 35.5. The Morgan fingerprint density at radius 3 is 2.78 bits per heavy atom. The van der Waals surface area contributed by atoms with Crippen molar-refractivity contribution in [3.63, 3.8) is 0 Å². The van der Waals surface area contributed by atoms with E-state index < -0.39 is 0 Å².